The molecular weight excluding hydrogens is 256 g/mol. The average molecular weight is 268 g/mol. The van der Waals surface area contributed by atoms with Crippen molar-refractivity contribution in [3.63, 3.8) is 0 Å². The summed E-state index contributed by atoms with van der Waals surface area (Å²) in [4.78, 5) is 0. The van der Waals surface area contributed by atoms with Crippen LogP contribution < -0.4 is 5.73 Å². The number of benzene rings is 2. The fourth-order valence-corrected chi connectivity index (χ4v) is 1.92. The van der Waals surface area contributed by atoms with Crippen molar-refractivity contribution in [2.24, 2.45) is 5.73 Å². The molecule has 1 unspecified atom stereocenters. The van der Waals surface area contributed by atoms with Crippen molar-refractivity contribution >= 4 is 11.6 Å². The Hall–Kier alpha value is -1.45. The SMILES string of the molecule is NC(Cc1ccc(Cl)c(F)c1)c1ccccc1F. The second-order valence-corrected chi connectivity index (χ2v) is 4.49. The standard InChI is InChI=1S/C14H12ClF2N/c15-11-6-5-9(7-13(11)17)8-14(18)10-3-1-2-4-12(10)16/h1-7,14H,8,18H2. The van der Waals surface area contributed by atoms with Crippen LogP contribution in [0.3, 0.4) is 0 Å². The molecule has 1 atom stereocenters. The minimum absolute atomic E-state index is 0.0678. The van der Waals surface area contributed by atoms with Crippen LogP contribution in [0, 0.1) is 11.6 Å². The van der Waals surface area contributed by atoms with Crippen LogP contribution in [0.4, 0.5) is 8.78 Å². The first kappa shape index (κ1) is 13.0. The Balaban J connectivity index is 2.19. The Kier molecular flexibility index (Phi) is 3.94. The Morgan fingerprint density at radius 3 is 2.44 bits per heavy atom. The maximum atomic E-state index is 13.5. The first-order valence-electron chi connectivity index (χ1n) is 5.52. The Labute approximate surface area is 109 Å². The molecule has 2 rings (SSSR count). The van der Waals surface area contributed by atoms with E-state index in [1.807, 2.05) is 0 Å². The third-order valence-electron chi connectivity index (χ3n) is 2.74. The monoisotopic (exact) mass is 267 g/mol. The van der Waals surface area contributed by atoms with Crippen molar-refractivity contribution in [3.8, 4) is 0 Å². The zero-order valence-corrected chi connectivity index (χ0v) is 10.3. The predicted octanol–water partition coefficient (Wildman–Crippen LogP) is 3.86. The molecule has 4 heteroatoms. The average Bonchev–Trinajstić information content (AvgIpc) is 2.34. The molecule has 0 spiro atoms. The number of hydrogen-bond acceptors (Lipinski definition) is 1. The molecule has 0 heterocycles. The number of nitrogens with two attached hydrogens (primary N) is 1. The molecule has 0 radical (unpaired) electrons. The van der Waals surface area contributed by atoms with Crippen molar-refractivity contribution in [2.45, 2.75) is 12.5 Å². The highest BCUT2D eigenvalue weighted by molar-refractivity contribution is 6.30. The quantitative estimate of drug-likeness (QED) is 0.898. The van der Waals surface area contributed by atoms with E-state index < -0.39 is 11.9 Å². The van der Waals surface area contributed by atoms with Gasteiger partial charge < -0.3 is 5.73 Å². The molecule has 0 aliphatic heterocycles. The van der Waals surface area contributed by atoms with E-state index in [1.54, 1.807) is 24.3 Å². The first-order valence-corrected chi connectivity index (χ1v) is 5.89. The van der Waals surface area contributed by atoms with Crippen molar-refractivity contribution in [1.82, 2.24) is 0 Å². The summed E-state index contributed by atoms with van der Waals surface area (Å²) in [7, 11) is 0. The number of hydrogen-bond donors (Lipinski definition) is 1. The van der Waals surface area contributed by atoms with E-state index in [4.69, 9.17) is 17.3 Å². The molecule has 0 aliphatic rings. The summed E-state index contributed by atoms with van der Waals surface area (Å²) in [6.07, 6.45) is 0.356. The van der Waals surface area contributed by atoms with Crippen LogP contribution in [0.25, 0.3) is 0 Å². The van der Waals surface area contributed by atoms with Crippen LogP contribution in [0.15, 0.2) is 42.5 Å². The van der Waals surface area contributed by atoms with Gasteiger partial charge in [-0.05, 0) is 30.2 Å². The van der Waals surface area contributed by atoms with Crippen LogP contribution in [0.1, 0.15) is 17.2 Å². The van der Waals surface area contributed by atoms with Gasteiger partial charge in [0.1, 0.15) is 11.6 Å². The van der Waals surface area contributed by atoms with Gasteiger partial charge in [0.05, 0.1) is 5.02 Å². The molecule has 0 aliphatic carbocycles. The van der Waals surface area contributed by atoms with Gasteiger partial charge in [-0.15, -0.1) is 0 Å². The lowest BCUT2D eigenvalue weighted by molar-refractivity contribution is 0.578. The van der Waals surface area contributed by atoms with Gasteiger partial charge in [0.15, 0.2) is 0 Å². The Morgan fingerprint density at radius 2 is 1.78 bits per heavy atom. The fourth-order valence-electron chi connectivity index (χ4n) is 1.81. The zero-order valence-electron chi connectivity index (χ0n) is 9.54. The van der Waals surface area contributed by atoms with Gasteiger partial charge in [-0.25, -0.2) is 8.78 Å². The maximum absolute atomic E-state index is 13.5. The molecule has 0 amide bonds. The van der Waals surface area contributed by atoms with Crippen LogP contribution in [-0.2, 0) is 6.42 Å². The summed E-state index contributed by atoms with van der Waals surface area (Å²) in [6.45, 7) is 0. The smallest absolute Gasteiger partial charge is 0.142 e. The number of rotatable bonds is 3. The largest absolute Gasteiger partial charge is 0.324 e. The first-order chi connectivity index (χ1) is 8.58. The molecule has 0 fully saturated rings. The van der Waals surface area contributed by atoms with Gasteiger partial charge in [-0.2, -0.15) is 0 Å². The lowest BCUT2D eigenvalue weighted by atomic mass is 9.99. The fraction of sp³-hybridized carbons (Fsp3) is 0.143. The lowest BCUT2D eigenvalue weighted by Crippen LogP contribution is -2.15. The van der Waals surface area contributed by atoms with E-state index in [2.05, 4.69) is 0 Å². The van der Waals surface area contributed by atoms with Gasteiger partial charge in [0, 0.05) is 11.6 Å². The molecule has 1 nitrogen and oxygen atoms in total. The Bertz CT molecular complexity index is 557. The summed E-state index contributed by atoms with van der Waals surface area (Å²) in [5, 5.41) is 0.0678. The summed E-state index contributed by atoms with van der Waals surface area (Å²) in [5.41, 5.74) is 7.03. The molecule has 0 aromatic heterocycles. The molecule has 0 saturated heterocycles. The van der Waals surface area contributed by atoms with Gasteiger partial charge in [-0.1, -0.05) is 35.9 Å². The van der Waals surface area contributed by atoms with E-state index in [-0.39, 0.29) is 10.8 Å². The topological polar surface area (TPSA) is 26.0 Å². The molecule has 2 N–H and O–H groups in total. The maximum Gasteiger partial charge on any atom is 0.142 e. The van der Waals surface area contributed by atoms with Crippen molar-refractivity contribution in [3.05, 3.63) is 70.2 Å². The van der Waals surface area contributed by atoms with Crippen molar-refractivity contribution in [2.75, 3.05) is 0 Å². The second-order valence-electron chi connectivity index (χ2n) is 4.08. The molecule has 2 aromatic carbocycles. The van der Waals surface area contributed by atoms with Gasteiger partial charge >= 0.3 is 0 Å². The molecule has 2 aromatic rings. The van der Waals surface area contributed by atoms with Crippen LogP contribution in [0.2, 0.25) is 5.02 Å². The highest BCUT2D eigenvalue weighted by Gasteiger charge is 2.12. The number of halogens is 3. The molecule has 0 bridgehead atoms. The minimum atomic E-state index is -0.508. The molecule has 94 valence electrons. The highest BCUT2D eigenvalue weighted by atomic mass is 35.5. The van der Waals surface area contributed by atoms with E-state index in [0.29, 0.717) is 17.5 Å². The predicted molar refractivity (Wildman–Crippen MR) is 68.4 cm³/mol. The lowest BCUT2D eigenvalue weighted by Gasteiger charge is -2.13. The van der Waals surface area contributed by atoms with Gasteiger partial charge in [0.25, 0.3) is 0 Å². The van der Waals surface area contributed by atoms with Crippen LogP contribution >= 0.6 is 11.6 Å². The molecule has 18 heavy (non-hydrogen) atoms. The minimum Gasteiger partial charge on any atom is -0.324 e. The van der Waals surface area contributed by atoms with E-state index >= 15 is 0 Å². The van der Waals surface area contributed by atoms with Crippen LogP contribution in [0.5, 0.6) is 0 Å². The normalized spacial score (nSPS) is 12.4. The summed E-state index contributed by atoms with van der Waals surface area (Å²) in [5.74, 6) is -0.839. The third kappa shape index (κ3) is 2.86. The molecular formula is C14H12ClF2N. The molecule has 0 saturated carbocycles. The van der Waals surface area contributed by atoms with Crippen molar-refractivity contribution in [1.29, 1.82) is 0 Å². The van der Waals surface area contributed by atoms with Crippen molar-refractivity contribution < 1.29 is 8.78 Å². The third-order valence-corrected chi connectivity index (χ3v) is 3.05. The summed E-state index contributed by atoms with van der Waals surface area (Å²) < 4.78 is 26.8. The van der Waals surface area contributed by atoms with E-state index in [9.17, 15) is 8.78 Å². The van der Waals surface area contributed by atoms with E-state index in [1.165, 1.54) is 18.2 Å². The van der Waals surface area contributed by atoms with Gasteiger partial charge in [0.2, 0.25) is 0 Å². The van der Waals surface area contributed by atoms with E-state index in [0.717, 1.165) is 0 Å². The van der Waals surface area contributed by atoms with Crippen LogP contribution in [-0.4, -0.2) is 0 Å². The summed E-state index contributed by atoms with van der Waals surface area (Å²) in [6, 6.07) is 10.3. The van der Waals surface area contributed by atoms with Gasteiger partial charge in [-0.3, -0.25) is 0 Å². The zero-order chi connectivity index (χ0) is 13.1. The Morgan fingerprint density at radius 1 is 1.06 bits per heavy atom. The summed E-state index contributed by atoms with van der Waals surface area (Å²) >= 11 is 5.59. The highest BCUT2D eigenvalue weighted by Crippen LogP contribution is 2.21. The second kappa shape index (κ2) is 5.46.